The number of fused-ring (bicyclic) bond motifs is 1. The van der Waals surface area contributed by atoms with Gasteiger partial charge in [0.1, 0.15) is 11.8 Å². The molecule has 1 atom stereocenters. The van der Waals surface area contributed by atoms with Gasteiger partial charge in [-0.25, -0.2) is 4.79 Å². The van der Waals surface area contributed by atoms with Gasteiger partial charge in [0, 0.05) is 23.5 Å². The Hall–Kier alpha value is -3.28. The molecule has 0 fully saturated rings. The number of carbonyl (C=O) groups excluding carboxylic acids is 2. The zero-order valence-electron chi connectivity index (χ0n) is 15.3. The van der Waals surface area contributed by atoms with E-state index in [0.29, 0.717) is 6.42 Å². The number of aromatic nitrogens is 1. The molecule has 3 rings (SSSR count). The quantitative estimate of drug-likeness (QED) is 0.630. The van der Waals surface area contributed by atoms with E-state index >= 15 is 0 Å². The Bertz CT molecular complexity index is 931. The second-order valence-electron chi connectivity index (χ2n) is 6.23. The van der Waals surface area contributed by atoms with Gasteiger partial charge in [0.05, 0.1) is 20.6 Å². The molecule has 6 heteroatoms. The van der Waals surface area contributed by atoms with E-state index in [9.17, 15) is 9.59 Å². The summed E-state index contributed by atoms with van der Waals surface area (Å²) in [4.78, 5) is 27.8. The van der Waals surface area contributed by atoms with Gasteiger partial charge in [-0.15, -0.1) is 0 Å². The van der Waals surface area contributed by atoms with Gasteiger partial charge in [0.25, 0.3) is 0 Å². The van der Waals surface area contributed by atoms with E-state index in [1.165, 1.54) is 7.11 Å². The smallest absolute Gasteiger partial charge is 0.328 e. The summed E-state index contributed by atoms with van der Waals surface area (Å²) < 4.78 is 9.99. The van der Waals surface area contributed by atoms with Gasteiger partial charge in [-0.05, 0) is 29.3 Å². The molecule has 0 saturated carbocycles. The summed E-state index contributed by atoms with van der Waals surface area (Å²) in [5.41, 5.74) is 2.77. The molecule has 0 aliphatic heterocycles. The maximum absolute atomic E-state index is 12.4. The van der Waals surface area contributed by atoms with Crippen LogP contribution in [0.5, 0.6) is 5.75 Å². The minimum atomic E-state index is -0.750. The number of benzene rings is 2. The van der Waals surface area contributed by atoms with E-state index < -0.39 is 12.0 Å². The minimum absolute atomic E-state index is 0.172. The average molecular weight is 366 g/mol. The van der Waals surface area contributed by atoms with Crippen molar-refractivity contribution in [3.8, 4) is 5.75 Å². The maximum Gasteiger partial charge on any atom is 0.328 e. The van der Waals surface area contributed by atoms with Crippen molar-refractivity contribution in [1.82, 2.24) is 10.3 Å². The first-order valence-electron chi connectivity index (χ1n) is 8.66. The number of nitrogens with one attached hydrogen (secondary N) is 2. The third kappa shape index (κ3) is 4.47. The molecule has 0 aliphatic carbocycles. The number of methoxy groups -OCH3 is 2. The summed E-state index contributed by atoms with van der Waals surface area (Å²) in [6.07, 6.45) is 2.38. The number of hydrogen-bond donors (Lipinski definition) is 2. The number of esters is 1. The molecule has 0 aliphatic rings. The van der Waals surface area contributed by atoms with Gasteiger partial charge in [-0.3, -0.25) is 4.79 Å². The molecule has 1 heterocycles. The Morgan fingerprint density at radius 1 is 1.07 bits per heavy atom. The van der Waals surface area contributed by atoms with Gasteiger partial charge in [-0.1, -0.05) is 30.3 Å². The molecule has 0 spiro atoms. The van der Waals surface area contributed by atoms with E-state index in [-0.39, 0.29) is 12.3 Å². The molecule has 0 radical (unpaired) electrons. The molecule has 3 aromatic rings. The lowest BCUT2D eigenvalue weighted by Gasteiger charge is -2.16. The molecule has 27 heavy (non-hydrogen) atoms. The summed E-state index contributed by atoms with van der Waals surface area (Å²) in [7, 11) is 2.91. The highest BCUT2D eigenvalue weighted by molar-refractivity contribution is 5.88. The number of H-pyrrole nitrogens is 1. The van der Waals surface area contributed by atoms with E-state index in [1.54, 1.807) is 19.2 Å². The van der Waals surface area contributed by atoms with Gasteiger partial charge >= 0.3 is 5.97 Å². The monoisotopic (exact) mass is 366 g/mol. The lowest BCUT2D eigenvalue weighted by Crippen LogP contribution is -2.43. The molecule has 1 aromatic heterocycles. The van der Waals surface area contributed by atoms with E-state index in [2.05, 4.69) is 10.3 Å². The highest BCUT2D eigenvalue weighted by Gasteiger charge is 2.23. The molecule has 1 amide bonds. The van der Waals surface area contributed by atoms with Crippen LogP contribution in [0, 0.1) is 0 Å². The Kier molecular flexibility index (Phi) is 5.76. The van der Waals surface area contributed by atoms with Crippen LogP contribution in [0.2, 0.25) is 0 Å². The number of carbonyl (C=O) groups is 2. The molecule has 140 valence electrons. The predicted molar refractivity (Wildman–Crippen MR) is 103 cm³/mol. The summed E-state index contributed by atoms with van der Waals surface area (Å²) in [5, 5.41) is 3.81. The molecule has 0 bridgehead atoms. The Morgan fingerprint density at radius 3 is 2.52 bits per heavy atom. The van der Waals surface area contributed by atoms with Crippen molar-refractivity contribution in [2.45, 2.75) is 18.9 Å². The van der Waals surface area contributed by atoms with Crippen molar-refractivity contribution in [2.75, 3.05) is 14.2 Å². The number of amides is 1. The van der Waals surface area contributed by atoms with E-state index in [4.69, 9.17) is 9.47 Å². The van der Waals surface area contributed by atoms with Crippen LogP contribution in [0.15, 0.2) is 54.7 Å². The van der Waals surface area contributed by atoms with Crippen molar-refractivity contribution in [2.24, 2.45) is 0 Å². The first kappa shape index (κ1) is 18.5. The van der Waals surface area contributed by atoms with E-state index in [0.717, 1.165) is 27.8 Å². The largest absolute Gasteiger partial charge is 0.497 e. The molecular weight excluding hydrogens is 344 g/mol. The van der Waals surface area contributed by atoms with Crippen molar-refractivity contribution in [1.29, 1.82) is 0 Å². The van der Waals surface area contributed by atoms with Crippen LogP contribution in [0.1, 0.15) is 11.1 Å². The van der Waals surface area contributed by atoms with Crippen LogP contribution >= 0.6 is 0 Å². The predicted octanol–water partition coefficient (Wildman–Crippen LogP) is 2.62. The summed E-state index contributed by atoms with van der Waals surface area (Å²) >= 11 is 0. The average Bonchev–Trinajstić information content (AvgIpc) is 3.10. The topological polar surface area (TPSA) is 80.4 Å². The lowest BCUT2D eigenvalue weighted by molar-refractivity contribution is -0.145. The third-order valence-electron chi connectivity index (χ3n) is 4.44. The van der Waals surface area contributed by atoms with Crippen LogP contribution in [0.3, 0.4) is 0 Å². The van der Waals surface area contributed by atoms with Gasteiger partial charge < -0.3 is 19.8 Å². The Balaban J connectivity index is 1.70. The fraction of sp³-hybridized carbons (Fsp3) is 0.238. The molecule has 6 nitrogen and oxygen atoms in total. The lowest BCUT2D eigenvalue weighted by atomic mass is 10.0. The Labute approximate surface area is 157 Å². The highest BCUT2D eigenvalue weighted by atomic mass is 16.5. The van der Waals surface area contributed by atoms with Crippen LogP contribution in [-0.2, 0) is 27.2 Å². The summed E-state index contributed by atoms with van der Waals surface area (Å²) in [6.45, 7) is 0. The zero-order valence-corrected chi connectivity index (χ0v) is 15.3. The maximum atomic E-state index is 12.4. The van der Waals surface area contributed by atoms with Crippen molar-refractivity contribution in [3.05, 3.63) is 65.9 Å². The van der Waals surface area contributed by atoms with Crippen molar-refractivity contribution >= 4 is 22.8 Å². The number of hydrogen-bond acceptors (Lipinski definition) is 4. The third-order valence-corrected chi connectivity index (χ3v) is 4.44. The number of para-hydroxylation sites is 1. The van der Waals surface area contributed by atoms with Gasteiger partial charge in [0.15, 0.2) is 0 Å². The number of aromatic amines is 1. The fourth-order valence-electron chi connectivity index (χ4n) is 3.03. The highest BCUT2D eigenvalue weighted by Crippen LogP contribution is 2.19. The first-order valence-corrected chi connectivity index (χ1v) is 8.66. The number of rotatable bonds is 7. The van der Waals surface area contributed by atoms with Gasteiger partial charge in [-0.2, -0.15) is 0 Å². The SMILES string of the molecule is COC(=O)C(Cc1c[nH]c2ccccc12)NC(=O)Cc1ccc(OC)cc1. The van der Waals surface area contributed by atoms with Gasteiger partial charge in [0.2, 0.25) is 5.91 Å². The number of ether oxygens (including phenoxy) is 2. The minimum Gasteiger partial charge on any atom is -0.497 e. The molecule has 2 aromatic carbocycles. The second-order valence-corrected chi connectivity index (χ2v) is 6.23. The van der Waals surface area contributed by atoms with E-state index in [1.807, 2.05) is 42.6 Å². The second kappa shape index (κ2) is 8.40. The summed E-state index contributed by atoms with van der Waals surface area (Å²) in [5.74, 6) is 0.0182. The summed E-state index contributed by atoms with van der Waals surface area (Å²) in [6, 6.07) is 14.3. The normalized spacial score (nSPS) is 11.8. The molecule has 1 unspecified atom stereocenters. The standard InChI is InChI=1S/C21H22N2O4/c1-26-16-9-7-14(8-10-16)11-20(24)23-19(21(25)27-2)12-15-13-22-18-6-4-3-5-17(15)18/h3-10,13,19,22H,11-12H2,1-2H3,(H,23,24). The molecular formula is C21H22N2O4. The molecule has 2 N–H and O–H groups in total. The van der Waals surface area contributed by atoms with Crippen LogP contribution in [-0.4, -0.2) is 37.1 Å². The first-order chi connectivity index (χ1) is 13.1. The fourth-order valence-corrected chi connectivity index (χ4v) is 3.03. The van der Waals surface area contributed by atoms with Crippen LogP contribution < -0.4 is 10.1 Å². The van der Waals surface area contributed by atoms with Crippen LogP contribution in [0.4, 0.5) is 0 Å². The van der Waals surface area contributed by atoms with Crippen molar-refractivity contribution < 1.29 is 19.1 Å². The Morgan fingerprint density at radius 2 is 1.81 bits per heavy atom. The van der Waals surface area contributed by atoms with Crippen LogP contribution in [0.25, 0.3) is 10.9 Å². The zero-order chi connectivity index (χ0) is 19.2. The molecule has 0 saturated heterocycles. The van der Waals surface area contributed by atoms with Crippen molar-refractivity contribution in [3.63, 3.8) is 0 Å².